The monoisotopic (exact) mass is 521 g/mol. The van der Waals surface area contributed by atoms with E-state index in [0.717, 1.165) is 69.5 Å². The van der Waals surface area contributed by atoms with Gasteiger partial charge in [0.05, 0.1) is 6.20 Å². The minimum Gasteiger partial charge on any atom is -0.508 e. The molecule has 2 aliphatic rings. The number of benzene rings is 3. The maximum absolute atomic E-state index is 10.2. The number of aromatic nitrogens is 2. The second-order valence-electron chi connectivity index (χ2n) is 10.9. The van der Waals surface area contributed by atoms with Crippen LogP contribution >= 0.6 is 0 Å². The number of fused-ring (bicyclic) bond motifs is 1. The van der Waals surface area contributed by atoms with Crippen molar-refractivity contribution in [3.05, 3.63) is 95.8 Å². The summed E-state index contributed by atoms with van der Waals surface area (Å²) < 4.78 is 12.8. The number of nitrogens with zero attached hydrogens (tertiary/aromatic N) is 2. The largest absolute Gasteiger partial charge is 0.508 e. The molecule has 0 radical (unpaired) electrons. The van der Waals surface area contributed by atoms with Crippen LogP contribution in [0.4, 0.5) is 0 Å². The highest BCUT2D eigenvalue weighted by Gasteiger charge is 2.30. The van der Waals surface area contributed by atoms with Gasteiger partial charge in [-0.3, -0.25) is 10.00 Å². The van der Waals surface area contributed by atoms with Crippen LogP contribution in [0.1, 0.15) is 50.0 Å². The van der Waals surface area contributed by atoms with Gasteiger partial charge in [0.2, 0.25) is 0 Å². The van der Waals surface area contributed by atoms with Crippen molar-refractivity contribution in [2.24, 2.45) is 5.92 Å². The molecule has 0 amide bonds. The second kappa shape index (κ2) is 10.6. The maximum atomic E-state index is 10.2. The first-order chi connectivity index (χ1) is 19.0. The molecular weight excluding hydrogens is 486 g/mol. The number of rotatable bonds is 7. The molecule has 6 nitrogen and oxygen atoms in total. The Morgan fingerprint density at radius 1 is 1.08 bits per heavy atom. The molecule has 0 spiro atoms. The van der Waals surface area contributed by atoms with Crippen LogP contribution in [0.15, 0.2) is 79.1 Å². The summed E-state index contributed by atoms with van der Waals surface area (Å²) in [5, 5.41) is 17.2. The van der Waals surface area contributed by atoms with E-state index < -0.39 is 0 Å². The van der Waals surface area contributed by atoms with Crippen molar-refractivity contribution >= 4 is 11.1 Å². The number of nitrogens with one attached hydrogen (secondary N) is 1. The number of phenols is 1. The summed E-state index contributed by atoms with van der Waals surface area (Å²) in [5.41, 5.74) is 7.28. The van der Waals surface area contributed by atoms with Crippen molar-refractivity contribution in [3.8, 4) is 28.4 Å². The van der Waals surface area contributed by atoms with Crippen molar-refractivity contribution in [3.63, 3.8) is 0 Å². The van der Waals surface area contributed by atoms with E-state index in [4.69, 9.17) is 9.47 Å². The summed E-state index contributed by atoms with van der Waals surface area (Å²) in [5.74, 6) is 2.62. The van der Waals surface area contributed by atoms with Gasteiger partial charge < -0.3 is 14.6 Å². The van der Waals surface area contributed by atoms with E-state index in [9.17, 15) is 5.11 Å². The lowest BCUT2D eigenvalue weighted by molar-refractivity contribution is 0.169. The third kappa shape index (κ3) is 5.17. The molecule has 39 heavy (non-hydrogen) atoms. The third-order valence-corrected chi connectivity index (χ3v) is 8.04. The molecule has 0 bridgehead atoms. The Morgan fingerprint density at radius 2 is 1.90 bits per heavy atom. The number of aromatic hydroxyl groups is 1. The third-order valence-electron chi connectivity index (χ3n) is 8.04. The van der Waals surface area contributed by atoms with Gasteiger partial charge in [-0.25, -0.2) is 0 Å². The highest BCUT2D eigenvalue weighted by molar-refractivity contribution is 5.96. The molecule has 1 saturated heterocycles. The molecule has 6 rings (SSSR count). The van der Waals surface area contributed by atoms with Crippen LogP contribution in [0.25, 0.3) is 22.3 Å². The summed E-state index contributed by atoms with van der Waals surface area (Å²) in [4.78, 5) is 2.52. The van der Waals surface area contributed by atoms with E-state index in [0.29, 0.717) is 12.6 Å². The number of allylic oxidation sites excluding steroid dienone is 1. The van der Waals surface area contributed by atoms with Gasteiger partial charge in [0.25, 0.3) is 0 Å². The lowest BCUT2D eigenvalue weighted by Gasteiger charge is -2.31. The minimum absolute atomic E-state index is 0.223. The Morgan fingerprint density at radius 3 is 2.64 bits per heavy atom. The van der Waals surface area contributed by atoms with Gasteiger partial charge in [-0.05, 0) is 91.4 Å². The normalized spacial score (nSPS) is 20.0. The van der Waals surface area contributed by atoms with Crippen LogP contribution in [0, 0.1) is 5.92 Å². The van der Waals surface area contributed by atoms with Gasteiger partial charge in [-0.2, -0.15) is 5.10 Å². The van der Waals surface area contributed by atoms with Crippen LogP contribution in [-0.4, -0.2) is 45.9 Å². The van der Waals surface area contributed by atoms with Gasteiger partial charge >= 0.3 is 0 Å². The smallest absolute Gasteiger partial charge is 0.150 e. The fourth-order valence-electron chi connectivity index (χ4n) is 5.75. The summed E-state index contributed by atoms with van der Waals surface area (Å²) in [6, 6.07) is 22.4. The molecule has 3 heterocycles. The first-order valence-electron chi connectivity index (χ1n) is 13.7. The van der Waals surface area contributed by atoms with E-state index in [1.54, 1.807) is 12.1 Å². The Bertz CT molecular complexity index is 1480. The molecule has 6 heteroatoms. The summed E-state index contributed by atoms with van der Waals surface area (Å²) in [6.07, 6.45) is 4.68. The first kappa shape index (κ1) is 25.3. The van der Waals surface area contributed by atoms with Gasteiger partial charge in [0, 0.05) is 35.5 Å². The molecule has 0 saturated carbocycles. The van der Waals surface area contributed by atoms with Gasteiger partial charge in [0.15, 0.2) is 0 Å². The van der Waals surface area contributed by atoms with Crippen molar-refractivity contribution in [1.29, 1.82) is 0 Å². The van der Waals surface area contributed by atoms with E-state index in [2.05, 4.69) is 72.3 Å². The molecule has 4 aromatic rings. The van der Waals surface area contributed by atoms with E-state index in [1.165, 1.54) is 6.42 Å². The molecule has 1 aromatic heterocycles. The summed E-state index contributed by atoms with van der Waals surface area (Å²) in [7, 11) is 0. The Kier molecular flexibility index (Phi) is 6.88. The number of ether oxygens (including phenoxy) is 2. The number of likely N-dealkylation sites (tertiary alicyclic amines) is 1. The fourth-order valence-corrected chi connectivity index (χ4v) is 5.75. The molecule has 2 N–H and O–H groups in total. The van der Waals surface area contributed by atoms with E-state index >= 15 is 0 Å². The first-order valence-corrected chi connectivity index (χ1v) is 13.7. The number of H-pyrrole nitrogens is 1. The SMILES string of the molecule is CC1=C(c2cccc(-c3cn[nH]c3)c2)C(c2ccc(OC[C@H](C)N3CC[C@@H](C)C3)cc2)Oc2ccc(O)cc21. The van der Waals surface area contributed by atoms with Crippen LogP contribution in [0.5, 0.6) is 17.2 Å². The molecule has 1 unspecified atom stereocenters. The number of phenolic OH excluding ortho intramolecular Hbond substituents is 1. The zero-order valence-electron chi connectivity index (χ0n) is 22.7. The standard InChI is InChI=1S/C33H35N3O3/c1-21-13-14-36(19-21)22(2)20-38-29-10-7-24(8-11-29)33-32(23(3)30-16-28(37)9-12-31(30)39-33)26-6-4-5-25(15-26)27-17-34-35-18-27/h4-12,15-18,21-22,33,37H,13-14,19-20H2,1-3H3,(H,34,35)/t21-,22+,33?/m1/s1. The molecule has 2 aliphatic heterocycles. The number of hydrogen-bond donors (Lipinski definition) is 2. The zero-order chi connectivity index (χ0) is 26.9. The topological polar surface area (TPSA) is 70.6 Å². The number of aromatic amines is 1. The predicted octanol–water partition coefficient (Wildman–Crippen LogP) is 6.96. The van der Waals surface area contributed by atoms with Crippen molar-refractivity contribution in [2.45, 2.75) is 39.3 Å². The Hall–Kier alpha value is -4.03. The summed E-state index contributed by atoms with van der Waals surface area (Å²) >= 11 is 0. The molecule has 200 valence electrons. The quantitative estimate of drug-likeness (QED) is 0.275. The minimum atomic E-state index is -0.305. The highest BCUT2D eigenvalue weighted by Crippen LogP contribution is 2.47. The fraction of sp³-hybridized carbons (Fsp3) is 0.303. The second-order valence-corrected chi connectivity index (χ2v) is 10.9. The Labute approximate surface area is 229 Å². The van der Waals surface area contributed by atoms with Crippen LogP contribution < -0.4 is 9.47 Å². The molecule has 3 atom stereocenters. The molecule has 1 fully saturated rings. The predicted molar refractivity (Wildman–Crippen MR) is 155 cm³/mol. The van der Waals surface area contributed by atoms with E-state index in [-0.39, 0.29) is 11.9 Å². The lowest BCUT2D eigenvalue weighted by atomic mass is 9.85. The van der Waals surface area contributed by atoms with Crippen molar-refractivity contribution < 1.29 is 14.6 Å². The van der Waals surface area contributed by atoms with E-state index in [1.807, 2.05) is 30.6 Å². The van der Waals surface area contributed by atoms with Gasteiger partial charge in [0.1, 0.15) is 30.0 Å². The van der Waals surface area contributed by atoms with Crippen molar-refractivity contribution in [1.82, 2.24) is 15.1 Å². The maximum Gasteiger partial charge on any atom is 0.150 e. The highest BCUT2D eigenvalue weighted by atomic mass is 16.5. The zero-order valence-corrected chi connectivity index (χ0v) is 22.7. The molecular formula is C33H35N3O3. The lowest BCUT2D eigenvalue weighted by Crippen LogP contribution is -2.35. The Balaban J connectivity index is 1.30. The van der Waals surface area contributed by atoms with Gasteiger partial charge in [-0.15, -0.1) is 0 Å². The average Bonchev–Trinajstić information content (AvgIpc) is 3.65. The van der Waals surface area contributed by atoms with Crippen LogP contribution in [-0.2, 0) is 0 Å². The van der Waals surface area contributed by atoms with Crippen LogP contribution in [0.3, 0.4) is 0 Å². The van der Waals surface area contributed by atoms with Gasteiger partial charge in [-0.1, -0.05) is 37.3 Å². The van der Waals surface area contributed by atoms with Crippen molar-refractivity contribution in [2.75, 3.05) is 19.7 Å². The molecule has 0 aliphatic carbocycles. The van der Waals surface area contributed by atoms with Crippen LogP contribution in [0.2, 0.25) is 0 Å². The summed E-state index contributed by atoms with van der Waals surface area (Å²) in [6.45, 7) is 9.64. The molecule has 3 aromatic carbocycles. The number of hydrogen-bond acceptors (Lipinski definition) is 5. The average molecular weight is 522 g/mol.